The average Bonchev–Trinajstić information content (AvgIpc) is 2.85. The Morgan fingerprint density at radius 2 is 2.05 bits per heavy atom. The van der Waals surface area contributed by atoms with Crippen LogP contribution in [0, 0.1) is 0 Å². The van der Waals surface area contributed by atoms with Gasteiger partial charge in [-0.15, -0.1) is 0 Å². The molecule has 22 heavy (non-hydrogen) atoms. The minimum absolute atomic E-state index is 0.130. The maximum absolute atomic E-state index is 12.2. The van der Waals surface area contributed by atoms with Crippen molar-refractivity contribution in [3.8, 4) is 5.75 Å². The molecule has 0 aromatic heterocycles. The van der Waals surface area contributed by atoms with E-state index >= 15 is 0 Å². The van der Waals surface area contributed by atoms with E-state index in [4.69, 9.17) is 9.47 Å². The van der Waals surface area contributed by atoms with Crippen LogP contribution in [-0.2, 0) is 11.3 Å². The number of fused-ring (bicyclic) bond motifs is 1. The van der Waals surface area contributed by atoms with Gasteiger partial charge in [-0.25, -0.2) is 0 Å². The average molecular weight is 304 g/mol. The molecular formula is C17H24N2O3. The second-order valence-electron chi connectivity index (χ2n) is 6.15. The molecule has 120 valence electrons. The first-order valence-corrected chi connectivity index (χ1v) is 8.02. The topological polar surface area (TPSA) is 42.0 Å². The van der Waals surface area contributed by atoms with Crippen LogP contribution in [0.4, 0.5) is 0 Å². The van der Waals surface area contributed by atoms with E-state index in [1.54, 1.807) is 0 Å². The van der Waals surface area contributed by atoms with E-state index < -0.39 is 0 Å². The number of nitrogens with zero attached hydrogens (tertiary/aromatic N) is 2. The number of hydrogen-bond donors (Lipinski definition) is 0. The van der Waals surface area contributed by atoms with Gasteiger partial charge < -0.3 is 14.4 Å². The summed E-state index contributed by atoms with van der Waals surface area (Å²) < 4.78 is 11.2. The smallest absolute Gasteiger partial charge is 0.254 e. The molecule has 0 aliphatic carbocycles. The minimum atomic E-state index is 0.130. The van der Waals surface area contributed by atoms with Gasteiger partial charge in [-0.2, -0.15) is 0 Å². The van der Waals surface area contributed by atoms with Gasteiger partial charge in [0.2, 0.25) is 0 Å². The van der Waals surface area contributed by atoms with Crippen molar-refractivity contribution in [2.24, 2.45) is 0 Å². The molecule has 5 nitrogen and oxygen atoms in total. The van der Waals surface area contributed by atoms with Gasteiger partial charge in [-0.1, -0.05) is 0 Å². The largest absolute Gasteiger partial charge is 0.492 e. The summed E-state index contributed by atoms with van der Waals surface area (Å²) in [5.74, 6) is 0.982. The first-order valence-electron chi connectivity index (χ1n) is 8.02. The molecule has 0 radical (unpaired) electrons. The van der Waals surface area contributed by atoms with E-state index in [1.807, 2.05) is 36.9 Å². The van der Waals surface area contributed by atoms with Crippen LogP contribution in [0.3, 0.4) is 0 Å². The summed E-state index contributed by atoms with van der Waals surface area (Å²) in [7, 11) is 0. The molecule has 0 N–H and O–H groups in total. The lowest BCUT2D eigenvalue weighted by atomic mass is 10.1. The number of rotatable bonds is 5. The van der Waals surface area contributed by atoms with Gasteiger partial charge in [0, 0.05) is 37.8 Å². The monoisotopic (exact) mass is 304 g/mol. The van der Waals surface area contributed by atoms with E-state index in [0.29, 0.717) is 13.2 Å². The third-order valence-corrected chi connectivity index (χ3v) is 4.31. The summed E-state index contributed by atoms with van der Waals surface area (Å²) in [6, 6.07) is 6.03. The molecule has 0 saturated carbocycles. The van der Waals surface area contributed by atoms with Crippen molar-refractivity contribution >= 4 is 5.91 Å². The van der Waals surface area contributed by atoms with E-state index in [9.17, 15) is 4.79 Å². The van der Waals surface area contributed by atoms with Crippen LogP contribution in [0.25, 0.3) is 0 Å². The van der Waals surface area contributed by atoms with Gasteiger partial charge in [0.05, 0.1) is 13.2 Å². The number of morpholine rings is 1. The van der Waals surface area contributed by atoms with Crippen LogP contribution in [0.5, 0.6) is 5.75 Å². The van der Waals surface area contributed by atoms with Crippen molar-refractivity contribution in [2.75, 3.05) is 39.5 Å². The lowest BCUT2D eigenvalue weighted by Crippen LogP contribution is -2.38. The normalized spacial score (nSPS) is 18.9. The zero-order chi connectivity index (χ0) is 15.5. The summed E-state index contributed by atoms with van der Waals surface area (Å²) in [5.41, 5.74) is 1.89. The Hall–Kier alpha value is -1.59. The Bertz CT molecular complexity index is 539. The Labute approximate surface area is 131 Å². The summed E-state index contributed by atoms with van der Waals surface area (Å²) in [6.07, 6.45) is 0. The summed E-state index contributed by atoms with van der Waals surface area (Å²) >= 11 is 0. The Kier molecular flexibility index (Phi) is 4.64. The van der Waals surface area contributed by atoms with Gasteiger partial charge in [0.25, 0.3) is 5.91 Å². The fourth-order valence-electron chi connectivity index (χ4n) is 2.94. The number of carbonyl (C=O) groups excluding carboxylic acids is 1. The molecule has 1 fully saturated rings. The van der Waals surface area contributed by atoms with Crippen molar-refractivity contribution in [3.05, 3.63) is 29.3 Å². The molecule has 1 aromatic rings. The maximum atomic E-state index is 12.2. The van der Waals surface area contributed by atoms with Crippen LogP contribution in [0.1, 0.15) is 29.8 Å². The van der Waals surface area contributed by atoms with Crippen LogP contribution in [0.15, 0.2) is 18.2 Å². The van der Waals surface area contributed by atoms with E-state index in [2.05, 4.69) is 4.90 Å². The molecule has 1 amide bonds. The highest BCUT2D eigenvalue weighted by Crippen LogP contribution is 2.28. The standard InChI is InChI=1S/C17H24N2O3/c1-13(2)19-12-14-11-15(3-4-16(14)17(19)20)22-10-7-18-5-8-21-9-6-18/h3-4,11,13H,5-10,12H2,1-2H3. The molecule has 0 atom stereocenters. The highest BCUT2D eigenvalue weighted by atomic mass is 16.5. The van der Waals surface area contributed by atoms with Crippen LogP contribution in [-0.4, -0.2) is 61.2 Å². The third-order valence-electron chi connectivity index (χ3n) is 4.31. The van der Waals surface area contributed by atoms with Crippen LogP contribution < -0.4 is 4.74 Å². The highest BCUT2D eigenvalue weighted by Gasteiger charge is 2.29. The first-order chi connectivity index (χ1) is 10.6. The number of benzene rings is 1. The molecule has 0 bridgehead atoms. The molecule has 1 saturated heterocycles. The van der Waals surface area contributed by atoms with Crippen molar-refractivity contribution < 1.29 is 14.3 Å². The number of carbonyl (C=O) groups is 1. The zero-order valence-electron chi connectivity index (χ0n) is 13.4. The van der Waals surface area contributed by atoms with Gasteiger partial charge in [-0.3, -0.25) is 9.69 Å². The van der Waals surface area contributed by atoms with Crippen molar-refractivity contribution in [2.45, 2.75) is 26.4 Å². The molecule has 2 heterocycles. The lowest BCUT2D eigenvalue weighted by molar-refractivity contribution is 0.0322. The minimum Gasteiger partial charge on any atom is -0.492 e. The Balaban J connectivity index is 1.56. The summed E-state index contributed by atoms with van der Waals surface area (Å²) in [6.45, 7) is 9.94. The van der Waals surface area contributed by atoms with E-state index in [-0.39, 0.29) is 11.9 Å². The van der Waals surface area contributed by atoms with Gasteiger partial charge in [0.1, 0.15) is 12.4 Å². The molecule has 0 spiro atoms. The van der Waals surface area contributed by atoms with Gasteiger partial charge in [-0.05, 0) is 37.6 Å². The molecule has 3 rings (SSSR count). The first kappa shape index (κ1) is 15.3. The second-order valence-corrected chi connectivity index (χ2v) is 6.15. The molecule has 1 aromatic carbocycles. The molecule has 5 heteroatoms. The molecule has 0 unspecified atom stereocenters. The number of amides is 1. The maximum Gasteiger partial charge on any atom is 0.254 e. The van der Waals surface area contributed by atoms with Crippen molar-refractivity contribution in [3.63, 3.8) is 0 Å². The second kappa shape index (κ2) is 6.67. The quantitative estimate of drug-likeness (QED) is 0.831. The van der Waals surface area contributed by atoms with E-state index in [0.717, 1.165) is 49.7 Å². The molecule has 2 aliphatic rings. The van der Waals surface area contributed by atoms with Gasteiger partial charge >= 0.3 is 0 Å². The van der Waals surface area contributed by atoms with Gasteiger partial charge in [0.15, 0.2) is 0 Å². The zero-order valence-corrected chi connectivity index (χ0v) is 13.4. The van der Waals surface area contributed by atoms with Crippen LogP contribution >= 0.6 is 0 Å². The number of ether oxygens (including phenoxy) is 2. The van der Waals surface area contributed by atoms with Crippen molar-refractivity contribution in [1.82, 2.24) is 9.80 Å². The fraction of sp³-hybridized carbons (Fsp3) is 0.588. The van der Waals surface area contributed by atoms with Crippen molar-refractivity contribution in [1.29, 1.82) is 0 Å². The molecular weight excluding hydrogens is 280 g/mol. The third kappa shape index (κ3) is 3.25. The number of hydrogen-bond acceptors (Lipinski definition) is 4. The predicted molar refractivity (Wildman–Crippen MR) is 84.2 cm³/mol. The predicted octanol–water partition coefficient (Wildman–Crippen LogP) is 1.76. The molecule has 2 aliphatic heterocycles. The highest BCUT2D eigenvalue weighted by molar-refractivity contribution is 5.98. The van der Waals surface area contributed by atoms with Crippen LogP contribution in [0.2, 0.25) is 0 Å². The summed E-state index contributed by atoms with van der Waals surface area (Å²) in [4.78, 5) is 16.5. The SMILES string of the molecule is CC(C)N1Cc2cc(OCCN3CCOCC3)ccc2C1=O. The van der Waals surface area contributed by atoms with E-state index in [1.165, 1.54) is 0 Å². The summed E-state index contributed by atoms with van der Waals surface area (Å²) in [5, 5.41) is 0. The lowest BCUT2D eigenvalue weighted by Gasteiger charge is -2.26. The Morgan fingerprint density at radius 3 is 2.77 bits per heavy atom. The Morgan fingerprint density at radius 1 is 1.27 bits per heavy atom. The fourth-order valence-corrected chi connectivity index (χ4v) is 2.94.